The minimum atomic E-state index is 0.299. The third kappa shape index (κ3) is 11.0. The number of carbonyl (C=O) groups excluding carboxylic acids is 1. The fraction of sp³-hybridized carbons (Fsp3) is 0.714. The van der Waals surface area contributed by atoms with E-state index in [1.165, 1.54) is 16.8 Å². The van der Waals surface area contributed by atoms with Gasteiger partial charge < -0.3 is 9.64 Å². The lowest BCUT2D eigenvalue weighted by Gasteiger charge is -2.29. The van der Waals surface area contributed by atoms with Crippen LogP contribution in [0, 0.1) is 12.8 Å². The van der Waals surface area contributed by atoms with Gasteiger partial charge in [0.15, 0.2) is 0 Å². The van der Waals surface area contributed by atoms with Crippen molar-refractivity contribution in [2.24, 2.45) is 10.9 Å². The summed E-state index contributed by atoms with van der Waals surface area (Å²) in [4.78, 5) is 23.0. The molecule has 0 aliphatic carbocycles. The van der Waals surface area contributed by atoms with E-state index in [2.05, 4.69) is 69.5 Å². The third-order valence-electron chi connectivity index (χ3n) is 8.51. The molecule has 1 fully saturated rings. The van der Waals surface area contributed by atoms with Crippen molar-refractivity contribution in [2.45, 2.75) is 125 Å². The molecule has 0 N–H and O–H groups in total. The minimum absolute atomic E-state index is 0.299. The minimum Gasteiger partial charge on any atom is -0.493 e. The van der Waals surface area contributed by atoms with Crippen molar-refractivity contribution >= 4 is 11.6 Å². The number of carbonyl (C=O) groups is 1. The molecule has 1 aliphatic heterocycles. The standard InChI is InChI=1S/C35H59N3O2/c1-8-13-21-37(22-14-9-2)35(39)27-38-26-31(30-16-19-34(29(7)24-30)40-23-15-10-3)25-32(38)17-18-33(28(6)12-5)36-20-11-4/h11,16,19-20,24,28,31-32H,8-10,12-15,17-18,21-23,25-27H2,1-7H3/b20-11-,36-33?. The number of ether oxygens (including phenoxy) is 1. The highest BCUT2D eigenvalue weighted by Gasteiger charge is 2.35. The number of aliphatic imine (C=N–C) groups is 1. The molecule has 1 aliphatic rings. The van der Waals surface area contributed by atoms with Crippen LogP contribution in [0.4, 0.5) is 0 Å². The first-order valence-electron chi connectivity index (χ1n) is 16.3. The monoisotopic (exact) mass is 553 g/mol. The molecule has 1 amide bonds. The Morgan fingerprint density at radius 2 is 1.82 bits per heavy atom. The van der Waals surface area contributed by atoms with Gasteiger partial charge in [0.2, 0.25) is 5.91 Å². The number of aryl methyl sites for hydroxylation is 1. The van der Waals surface area contributed by atoms with Crippen LogP contribution in [-0.4, -0.2) is 60.2 Å². The Morgan fingerprint density at radius 3 is 2.42 bits per heavy atom. The van der Waals surface area contributed by atoms with Gasteiger partial charge in [-0.1, -0.05) is 72.1 Å². The van der Waals surface area contributed by atoms with Crippen molar-refractivity contribution in [3.05, 3.63) is 41.6 Å². The van der Waals surface area contributed by atoms with Gasteiger partial charge in [-0.3, -0.25) is 14.7 Å². The van der Waals surface area contributed by atoms with E-state index in [4.69, 9.17) is 9.73 Å². The first kappa shape index (κ1) is 34.1. The summed E-state index contributed by atoms with van der Waals surface area (Å²) in [5.41, 5.74) is 3.87. The molecule has 5 nitrogen and oxygen atoms in total. The molecule has 0 spiro atoms. The van der Waals surface area contributed by atoms with Gasteiger partial charge in [0.25, 0.3) is 0 Å². The molecule has 1 aromatic carbocycles. The lowest BCUT2D eigenvalue weighted by molar-refractivity contribution is -0.132. The molecule has 226 valence electrons. The Bertz CT molecular complexity index is 917. The molecule has 0 radical (unpaired) electrons. The third-order valence-corrected chi connectivity index (χ3v) is 8.51. The van der Waals surface area contributed by atoms with E-state index in [-0.39, 0.29) is 0 Å². The quantitative estimate of drug-likeness (QED) is 0.127. The summed E-state index contributed by atoms with van der Waals surface area (Å²) in [7, 11) is 0. The number of unbranched alkanes of at least 4 members (excludes halogenated alkanes) is 3. The number of amides is 1. The average molecular weight is 554 g/mol. The Morgan fingerprint density at radius 1 is 1.12 bits per heavy atom. The number of nitrogens with zero attached hydrogens (tertiary/aromatic N) is 3. The van der Waals surface area contributed by atoms with Crippen molar-refractivity contribution in [2.75, 3.05) is 32.8 Å². The Kier molecular flexibility index (Phi) is 16.2. The van der Waals surface area contributed by atoms with Crippen molar-refractivity contribution in [3.63, 3.8) is 0 Å². The van der Waals surface area contributed by atoms with E-state index in [1.807, 2.05) is 19.2 Å². The molecule has 40 heavy (non-hydrogen) atoms. The molecule has 2 rings (SSSR count). The van der Waals surface area contributed by atoms with Crippen LogP contribution in [0.15, 0.2) is 35.5 Å². The second-order valence-corrected chi connectivity index (χ2v) is 11.8. The maximum absolute atomic E-state index is 13.6. The molecule has 0 saturated carbocycles. The lowest BCUT2D eigenvalue weighted by Crippen LogP contribution is -2.43. The van der Waals surface area contributed by atoms with Crippen LogP contribution >= 0.6 is 0 Å². The first-order valence-corrected chi connectivity index (χ1v) is 16.3. The lowest BCUT2D eigenvalue weighted by atomic mass is 9.91. The fourth-order valence-corrected chi connectivity index (χ4v) is 5.63. The van der Waals surface area contributed by atoms with Crippen LogP contribution in [0.3, 0.4) is 0 Å². The number of hydrogen-bond donors (Lipinski definition) is 0. The Labute approximate surface area is 246 Å². The van der Waals surface area contributed by atoms with E-state index < -0.39 is 0 Å². The smallest absolute Gasteiger partial charge is 0.236 e. The van der Waals surface area contributed by atoms with E-state index >= 15 is 0 Å². The molecule has 1 heterocycles. The van der Waals surface area contributed by atoms with Gasteiger partial charge in [0.05, 0.1) is 13.2 Å². The number of hydrogen-bond acceptors (Lipinski definition) is 4. The summed E-state index contributed by atoms with van der Waals surface area (Å²) in [5.74, 6) is 2.21. The van der Waals surface area contributed by atoms with E-state index in [0.29, 0.717) is 30.3 Å². The van der Waals surface area contributed by atoms with Gasteiger partial charge in [-0.15, -0.1) is 0 Å². The van der Waals surface area contributed by atoms with Crippen LogP contribution in [0.2, 0.25) is 0 Å². The number of rotatable bonds is 19. The summed E-state index contributed by atoms with van der Waals surface area (Å²) in [6.07, 6.45) is 14.8. The predicted octanol–water partition coefficient (Wildman–Crippen LogP) is 8.56. The van der Waals surface area contributed by atoms with Gasteiger partial charge in [-0.25, -0.2) is 0 Å². The molecular weight excluding hydrogens is 494 g/mol. The van der Waals surface area contributed by atoms with Crippen LogP contribution in [0.1, 0.15) is 123 Å². The highest BCUT2D eigenvalue weighted by atomic mass is 16.5. The normalized spacial score (nSPS) is 18.9. The van der Waals surface area contributed by atoms with E-state index in [9.17, 15) is 4.79 Å². The van der Waals surface area contributed by atoms with E-state index in [0.717, 1.165) is 96.2 Å². The number of allylic oxidation sites excluding steroid dienone is 1. The first-order chi connectivity index (χ1) is 19.4. The molecule has 3 unspecified atom stereocenters. The van der Waals surface area contributed by atoms with Crippen molar-refractivity contribution in [3.8, 4) is 5.75 Å². The highest BCUT2D eigenvalue weighted by Crippen LogP contribution is 2.36. The van der Waals surface area contributed by atoms with Crippen molar-refractivity contribution in [1.29, 1.82) is 0 Å². The predicted molar refractivity (Wildman–Crippen MR) is 172 cm³/mol. The molecule has 1 saturated heterocycles. The SMILES string of the molecule is C/C=C\N=C(CCC1CC(c2ccc(OCCCC)c(C)c2)CN1CC(=O)N(CCCC)CCCC)C(C)CC. The molecule has 5 heteroatoms. The largest absolute Gasteiger partial charge is 0.493 e. The van der Waals surface area contributed by atoms with Crippen LogP contribution in [0.5, 0.6) is 5.75 Å². The van der Waals surface area contributed by atoms with Crippen molar-refractivity contribution in [1.82, 2.24) is 9.80 Å². The highest BCUT2D eigenvalue weighted by molar-refractivity contribution is 5.87. The van der Waals surface area contributed by atoms with Crippen molar-refractivity contribution < 1.29 is 9.53 Å². The topological polar surface area (TPSA) is 45.1 Å². The molecule has 0 aromatic heterocycles. The van der Waals surface area contributed by atoms with E-state index in [1.54, 1.807) is 0 Å². The fourth-order valence-electron chi connectivity index (χ4n) is 5.63. The Hall–Kier alpha value is -2.14. The zero-order chi connectivity index (χ0) is 29.3. The van der Waals surface area contributed by atoms with Gasteiger partial charge in [0.1, 0.15) is 5.75 Å². The number of likely N-dealkylation sites (tertiary alicyclic amines) is 1. The van der Waals surface area contributed by atoms with Crippen LogP contribution < -0.4 is 4.74 Å². The van der Waals surface area contributed by atoms with Crippen LogP contribution in [-0.2, 0) is 4.79 Å². The maximum atomic E-state index is 13.6. The zero-order valence-electron chi connectivity index (χ0n) is 26.9. The van der Waals surface area contributed by atoms with Crippen LogP contribution in [0.25, 0.3) is 0 Å². The van der Waals surface area contributed by atoms with Gasteiger partial charge in [-0.05, 0) is 87.8 Å². The summed E-state index contributed by atoms with van der Waals surface area (Å²) in [5, 5.41) is 0. The second-order valence-electron chi connectivity index (χ2n) is 11.8. The second kappa shape index (κ2) is 19.1. The van der Waals surface area contributed by atoms with Gasteiger partial charge in [0, 0.05) is 37.6 Å². The molecule has 0 bridgehead atoms. The van der Waals surface area contributed by atoms with Gasteiger partial charge in [-0.2, -0.15) is 0 Å². The summed E-state index contributed by atoms with van der Waals surface area (Å²) < 4.78 is 6.03. The summed E-state index contributed by atoms with van der Waals surface area (Å²) in [6, 6.07) is 7.12. The molecule has 1 aromatic rings. The van der Waals surface area contributed by atoms with Gasteiger partial charge >= 0.3 is 0 Å². The average Bonchev–Trinajstić information content (AvgIpc) is 3.35. The number of benzene rings is 1. The summed E-state index contributed by atoms with van der Waals surface area (Å²) >= 11 is 0. The molecular formula is C35H59N3O2. The zero-order valence-corrected chi connectivity index (χ0v) is 26.9. The Balaban J connectivity index is 2.23. The maximum Gasteiger partial charge on any atom is 0.236 e. The summed E-state index contributed by atoms with van der Waals surface area (Å²) in [6.45, 7) is 19.3. The molecule has 3 atom stereocenters.